The fraction of sp³-hybridized carbons (Fsp3) is 0.786. The number of carbonyl (C=O) groups is 3. The maximum Gasteiger partial charge on any atom is 0.323 e. The van der Waals surface area contributed by atoms with Crippen LogP contribution in [0.25, 0.3) is 0 Å². The number of carboxylic acids is 1. The van der Waals surface area contributed by atoms with E-state index < -0.39 is 24.0 Å². The van der Waals surface area contributed by atoms with E-state index in [2.05, 4.69) is 0 Å². The van der Waals surface area contributed by atoms with Crippen LogP contribution in [0.3, 0.4) is 0 Å². The number of nitrogens with zero attached hydrogens (tertiary/aromatic N) is 2. The zero-order valence-electron chi connectivity index (χ0n) is 11.9. The largest absolute Gasteiger partial charge is 0.480 e. The highest BCUT2D eigenvalue weighted by Gasteiger charge is 2.50. The highest BCUT2D eigenvalue weighted by molar-refractivity contribution is 6.05. The van der Waals surface area contributed by atoms with Crippen molar-refractivity contribution in [1.82, 2.24) is 9.80 Å². The molecular formula is C14H22N2O4. The smallest absolute Gasteiger partial charge is 0.323 e. The Morgan fingerprint density at radius 2 is 1.70 bits per heavy atom. The number of aliphatic carboxylic acids is 1. The van der Waals surface area contributed by atoms with Gasteiger partial charge < -0.3 is 5.11 Å². The van der Waals surface area contributed by atoms with Crippen molar-refractivity contribution in [3.63, 3.8) is 0 Å². The summed E-state index contributed by atoms with van der Waals surface area (Å²) < 4.78 is 0. The SMILES string of the molecule is CN1CC(=O)N(CC(=O)O)C(=O)C12CCCCCCC2. The van der Waals surface area contributed by atoms with Crippen molar-refractivity contribution in [2.45, 2.75) is 50.5 Å². The van der Waals surface area contributed by atoms with Crippen LogP contribution in [0.2, 0.25) is 0 Å². The van der Waals surface area contributed by atoms with Crippen LogP contribution in [0.5, 0.6) is 0 Å². The highest BCUT2D eigenvalue weighted by Crippen LogP contribution is 2.35. The van der Waals surface area contributed by atoms with Crippen LogP contribution in [0, 0.1) is 0 Å². The Kier molecular flexibility index (Phi) is 4.42. The van der Waals surface area contributed by atoms with Crippen molar-refractivity contribution in [1.29, 1.82) is 0 Å². The minimum atomic E-state index is -1.14. The Balaban J connectivity index is 2.26. The lowest BCUT2D eigenvalue weighted by molar-refractivity contribution is -0.167. The van der Waals surface area contributed by atoms with Crippen LogP contribution < -0.4 is 0 Å². The van der Waals surface area contributed by atoms with E-state index in [1.54, 1.807) is 7.05 Å². The second-order valence-electron chi connectivity index (χ2n) is 5.83. The standard InChI is InChI=1S/C14H22N2O4/c1-15-9-11(17)16(10-12(18)19)13(20)14(15)7-5-3-2-4-6-8-14/h2-10H2,1H3,(H,18,19). The van der Waals surface area contributed by atoms with Crippen LogP contribution in [0.1, 0.15) is 44.9 Å². The first-order valence-corrected chi connectivity index (χ1v) is 7.25. The van der Waals surface area contributed by atoms with E-state index >= 15 is 0 Å². The third-order valence-electron chi connectivity index (χ3n) is 4.52. The lowest BCUT2D eigenvalue weighted by atomic mass is 9.80. The zero-order chi connectivity index (χ0) is 14.8. The fourth-order valence-electron chi connectivity index (χ4n) is 3.35. The quantitative estimate of drug-likeness (QED) is 0.760. The molecule has 6 heteroatoms. The summed E-state index contributed by atoms with van der Waals surface area (Å²) in [6.45, 7) is -0.397. The van der Waals surface area contributed by atoms with Crippen LogP contribution in [-0.4, -0.2) is 58.4 Å². The van der Waals surface area contributed by atoms with Crippen molar-refractivity contribution >= 4 is 17.8 Å². The number of carbonyl (C=O) groups excluding carboxylic acids is 2. The molecule has 112 valence electrons. The molecule has 1 saturated carbocycles. The van der Waals surface area contributed by atoms with Gasteiger partial charge in [-0.1, -0.05) is 32.1 Å². The fourth-order valence-corrected chi connectivity index (χ4v) is 3.35. The van der Waals surface area contributed by atoms with E-state index in [1.807, 2.05) is 4.90 Å². The van der Waals surface area contributed by atoms with Gasteiger partial charge in [0.15, 0.2) is 0 Å². The van der Waals surface area contributed by atoms with E-state index in [4.69, 9.17) is 5.11 Å². The molecule has 2 amide bonds. The summed E-state index contributed by atoms with van der Waals surface area (Å²) in [4.78, 5) is 38.3. The van der Waals surface area contributed by atoms with Gasteiger partial charge >= 0.3 is 5.97 Å². The van der Waals surface area contributed by atoms with Crippen LogP contribution in [-0.2, 0) is 14.4 Å². The molecular weight excluding hydrogens is 260 g/mol. The van der Waals surface area contributed by atoms with E-state index in [0.717, 1.165) is 30.6 Å². The van der Waals surface area contributed by atoms with Gasteiger partial charge in [-0.15, -0.1) is 0 Å². The van der Waals surface area contributed by atoms with E-state index in [9.17, 15) is 14.4 Å². The highest BCUT2D eigenvalue weighted by atomic mass is 16.4. The van der Waals surface area contributed by atoms with Gasteiger partial charge in [0.05, 0.1) is 6.54 Å². The summed E-state index contributed by atoms with van der Waals surface area (Å²) in [6.07, 6.45) is 6.70. The molecule has 1 spiro atoms. The first-order valence-electron chi connectivity index (χ1n) is 7.25. The maximum atomic E-state index is 12.7. The molecule has 0 radical (unpaired) electrons. The van der Waals surface area contributed by atoms with Gasteiger partial charge in [0.1, 0.15) is 12.1 Å². The third-order valence-corrected chi connectivity index (χ3v) is 4.52. The summed E-state index contributed by atoms with van der Waals surface area (Å²) >= 11 is 0. The first kappa shape index (κ1) is 15.0. The molecule has 0 aromatic carbocycles. The molecule has 0 aromatic rings. The van der Waals surface area contributed by atoms with E-state index in [1.165, 1.54) is 6.42 Å². The Labute approximate surface area is 118 Å². The number of rotatable bonds is 2. The Morgan fingerprint density at radius 3 is 2.25 bits per heavy atom. The summed E-state index contributed by atoms with van der Waals surface area (Å²) in [5, 5.41) is 8.89. The lowest BCUT2D eigenvalue weighted by Crippen LogP contribution is -2.67. The molecule has 2 fully saturated rings. The summed E-state index contributed by atoms with van der Waals surface area (Å²) in [5.41, 5.74) is -0.677. The molecule has 0 aromatic heterocycles. The van der Waals surface area contributed by atoms with Gasteiger partial charge in [-0.3, -0.25) is 24.2 Å². The Hall–Kier alpha value is -1.43. The third kappa shape index (κ3) is 2.70. The molecule has 0 unspecified atom stereocenters. The number of hydrogen-bond donors (Lipinski definition) is 1. The van der Waals surface area contributed by atoms with Crippen LogP contribution in [0.15, 0.2) is 0 Å². The summed E-state index contributed by atoms with van der Waals surface area (Å²) in [7, 11) is 1.80. The second-order valence-corrected chi connectivity index (χ2v) is 5.83. The van der Waals surface area contributed by atoms with Gasteiger partial charge in [-0.25, -0.2) is 0 Å². The van der Waals surface area contributed by atoms with Crippen molar-refractivity contribution in [2.75, 3.05) is 20.1 Å². The summed E-state index contributed by atoms with van der Waals surface area (Å²) in [6, 6.07) is 0. The number of hydrogen-bond acceptors (Lipinski definition) is 4. The Bertz CT molecular complexity index is 413. The molecule has 0 atom stereocenters. The molecule has 20 heavy (non-hydrogen) atoms. The van der Waals surface area contributed by atoms with Gasteiger partial charge in [-0.2, -0.15) is 0 Å². The van der Waals surface area contributed by atoms with Crippen molar-refractivity contribution in [3.05, 3.63) is 0 Å². The molecule has 6 nitrogen and oxygen atoms in total. The number of amides is 2. The number of carboxylic acid groups (broad SMARTS) is 1. The van der Waals surface area contributed by atoms with Crippen LogP contribution in [0.4, 0.5) is 0 Å². The van der Waals surface area contributed by atoms with Crippen LogP contribution >= 0.6 is 0 Å². The molecule has 1 saturated heterocycles. The monoisotopic (exact) mass is 282 g/mol. The van der Waals surface area contributed by atoms with Gasteiger partial charge in [-0.05, 0) is 19.9 Å². The van der Waals surface area contributed by atoms with E-state index in [-0.39, 0.29) is 12.5 Å². The average Bonchev–Trinajstić information content (AvgIpc) is 2.33. The topological polar surface area (TPSA) is 77.9 Å². The van der Waals surface area contributed by atoms with Crippen molar-refractivity contribution in [3.8, 4) is 0 Å². The summed E-state index contributed by atoms with van der Waals surface area (Å²) in [5.74, 6) is -1.87. The minimum absolute atomic E-state index is 0.124. The molecule has 0 bridgehead atoms. The zero-order valence-corrected chi connectivity index (χ0v) is 11.9. The van der Waals surface area contributed by atoms with Gasteiger partial charge in [0.2, 0.25) is 11.8 Å². The molecule has 2 rings (SSSR count). The average molecular weight is 282 g/mol. The van der Waals surface area contributed by atoms with E-state index in [0.29, 0.717) is 12.8 Å². The van der Waals surface area contributed by atoms with Gasteiger partial charge in [0, 0.05) is 0 Å². The Morgan fingerprint density at radius 1 is 1.15 bits per heavy atom. The van der Waals surface area contributed by atoms with Gasteiger partial charge in [0.25, 0.3) is 0 Å². The minimum Gasteiger partial charge on any atom is -0.480 e. The number of likely N-dealkylation sites (N-methyl/N-ethyl adjacent to an activating group) is 1. The van der Waals surface area contributed by atoms with Crippen molar-refractivity contribution < 1.29 is 19.5 Å². The molecule has 1 aliphatic heterocycles. The predicted octanol–water partition coefficient (Wildman–Crippen LogP) is 0.855. The normalized spacial score (nSPS) is 24.6. The molecule has 1 aliphatic carbocycles. The molecule has 1 heterocycles. The maximum absolute atomic E-state index is 12.7. The predicted molar refractivity (Wildman–Crippen MR) is 72.0 cm³/mol. The number of piperazine rings is 1. The molecule has 2 aliphatic rings. The second kappa shape index (κ2) is 5.91. The van der Waals surface area contributed by atoms with Crippen molar-refractivity contribution in [2.24, 2.45) is 0 Å². The lowest BCUT2D eigenvalue weighted by Gasteiger charge is -2.47. The number of imide groups is 1. The first-order chi connectivity index (χ1) is 9.47. The molecule has 1 N–H and O–H groups in total.